The molecule has 0 spiro atoms. The predicted octanol–water partition coefficient (Wildman–Crippen LogP) is 4.17. The van der Waals surface area contributed by atoms with Gasteiger partial charge in [-0.05, 0) is 49.1 Å². The molecule has 1 atom stereocenters. The number of pyridine rings is 1. The van der Waals surface area contributed by atoms with E-state index in [2.05, 4.69) is 48.3 Å². The number of fused-ring (bicyclic) bond motifs is 1. The molecule has 1 aromatic carbocycles. The molecule has 0 saturated heterocycles. The number of aryl methyl sites for hydroxylation is 2. The highest BCUT2D eigenvalue weighted by molar-refractivity contribution is 5.78. The predicted molar refractivity (Wildman–Crippen MR) is 112 cm³/mol. The summed E-state index contributed by atoms with van der Waals surface area (Å²) >= 11 is 0. The molecular weight excluding hydrogens is 352 g/mol. The molecule has 0 bridgehead atoms. The van der Waals surface area contributed by atoms with Gasteiger partial charge in [-0.25, -0.2) is 4.98 Å². The number of hydrogen-bond acceptors (Lipinski definition) is 5. The second kappa shape index (κ2) is 8.61. The Balaban J connectivity index is 1.69. The fourth-order valence-electron chi connectivity index (χ4n) is 3.17. The zero-order valence-corrected chi connectivity index (χ0v) is 17.6. The number of aromatic nitrogens is 3. The van der Waals surface area contributed by atoms with Crippen LogP contribution in [0.2, 0.25) is 0 Å². The van der Waals surface area contributed by atoms with Crippen molar-refractivity contribution >= 4 is 11.0 Å². The molecule has 3 rings (SSSR count). The summed E-state index contributed by atoms with van der Waals surface area (Å²) < 4.78 is 13.2. The summed E-state index contributed by atoms with van der Waals surface area (Å²) in [6.07, 6.45) is 1.91. The molecule has 0 radical (unpaired) electrons. The van der Waals surface area contributed by atoms with Crippen LogP contribution >= 0.6 is 0 Å². The molecule has 1 N–H and O–H groups in total. The third-order valence-corrected chi connectivity index (χ3v) is 4.79. The van der Waals surface area contributed by atoms with Gasteiger partial charge in [-0.15, -0.1) is 0 Å². The molecule has 3 aromatic rings. The van der Waals surface area contributed by atoms with Crippen LogP contribution in [-0.2, 0) is 13.6 Å². The SMILES string of the molecule is COc1cc(C(C)NCc2cnc3c(c2)c(C)nn3C)ccc1OCC(C)C. The van der Waals surface area contributed by atoms with E-state index in [1.54, 1.807) is 7.11 Å². The molecule has 28 heavy (non-hydrogen) atoms. The highest BCUT2D eigenvalue weighted by Gasteiger charge is 2.12. The Labute approximate surface area is 166 Å². The van der Waals surface area contributed by atoms with Crippen molar-refractivity contribution < 1.29 is 9.47 Å². The molecule has 6 nitrogen and oxygen atoms in total. The Morgan fingerprint density at radius 3 is 2.64 bits per heavy atom. The Morgan fingerprint density at radius 1 is 1.14 bits per heavy atom. The molecule has 0 saturated carbocycles. The van der Waals surface area contributed by atoms with Gasteiger partial charge >= 0.3 is 0 Å². The lowest BCUT2D eigenvalue weighted by Crippen LogP contribution is -2.18. The maximum atomic E-state index is 5.85. The fraction of sp³-hybridized carbons (Fsp3) is 0.455. The number of ether oxygens (including phenoxy) is 2. The molecule has 2 heterocycles. The van der Waals surface area contributed by atoms with Gasteiger partial charge in [0.1, 0.15) is 0 Å². The summed E-state index contributed by atoms with van der Waals surface area (Å²) in [5, 5.41) is 9.10. The van der Waals surface area contributed by atoms with Gasteiger partial charge in [0.25, 0.3) is 0 Å². The second-order valence-electron chi connectivity index (χ2n) is 7.64. The quantitative estimate of drug-likeness (QED) is 0.633. The molecule has 1 unspecified atom stereocenters. The van der Waals surface area contributed by atoms with Crippen molar-refractivity contribution in [3.05, 3.63) is 47.3 Å². The van der Waals surface area contributed by atoms with Crippen LogP contribution in [0.15, 0.2) is 30.5 Å². The standard InChI is InChI=1S/C22H30N4O2/c1-14(2)13-28-20-8-7-18(10-21(20)27-6)15(3)23-11-17-9-19-16(4)25-26(5)22(19)24-12-17/h7-10,12,14-15,23H,11,13H2,1-6H3. The zero-order chi connectivity index (χ0) is 20.3. The lowest BCUT2D eigenvalue weighted by atomic mass is 10.1. The minimum atomic E-state index is 0.166. The fourth-order valence-corrected chi connectivity index (χ4v) is 3.17. The van der Waals surface area contributed by atoms with Crippen molar-refractivity contribution in [2.45, 2.75) is 40.3 Å². The summed E-state index contributed by atoms with van der Waals surface area (Å²) in [5.74, 6) is 2.02. The number of nitrogens with zero attached hydrogens (tertiary/aromatic N) is 3. The number of methoxy groups -OCH3 is 1. The Hall–Kier alpha value is -2.60. The first-order chi connectivity index (χ1) is 13.4. The van der Waals surface area contributed by atoms with E-state index in [1.165, 1.54) is 0 Å². The van der Waals surface area contributed by atoms with Crippen LogP contribution in [0.3, 0.4) is 0 Å². The molecule has 0 aliphatic rings. The van der Waals surface area contributed by atoms with E-state index in [-0.39, 0.29) is 6.04 Å². The average molecular weight is 383 g/mol. The lowest BCUT2D eigenvalue weighted by molar-refractivity contribution is 0.256. The summed E-state index contributed by atoms with van der Waals surface area (Å²) in [7, 11) is 3.60. The van der Waals surface area contributed by atoms with Crippen molar-refractivity contribution in [2.24, 2.45) is 13.0 Å². The minimum Gasteiger partial charge on any atom is -0.493 e. The summed E-state index contributed by atoms with van der Waals surface area (Å²) in [6.45, 7) is 9.82. The molecular formula is C22H30N4O2. The molecule has 2 aromatic heterocycles. The molecule has 0 amide bonds. The van der Waals surface area contributed by atoms with Gasteiger partial charge < -0.3 is 14.8 Å². The van der Waals surface area contributed by atoms with E-state index < -0.39 is 0 Å². The average Bonchev–Trinajstić information content (AvgIpc) is 2.97. The van der Waals surface area contributed by atoms with Crippen LogP contribution in [0, 0.1) is 12.8 Å². The summed E-state index contributed by atoms with van der Waals surface area (Å²) in [5.41, 5.74) is 4.21. The monoisotopic (exact) mass is 382 g/mol. The number of hydrogen-bond donors (Lipinski definition) is 1. The van der Waals surface area contributed by atoms with Crippen molar-refractivity contribution in [1.29, 1.82) is 0 Å². The zero-order valence-electron chi connectivity index (χ0n) is 17.6. The van der Waals surface area contributed by atoms with Gasteiger partial charge in [0, 0.05) is 31.2 Å². The second-order valence-corrected chi connectivity index (χ2v) is 7.64. The maximum Gasteiger partial charge on any atom is 0.161 e. The van der Waals surface area contributed by atoms with E-state index in [0.717, 1.165) is 45.9 Å². The molecule has 6 heteroatoms. The van der Waals surface area contributed by atoms with Crippen LogP contribution in [0.1, 0.15) is 43.6 Å². The van der Waals surface area contributed by atoms with Gasteiger partial charge in [-0.2, -0.15) is 5.10 Å². The third kappa shape index (κ3) is 4.44. The maximum absolute atomic E-state index is 5.85. The van der Waals surface area contributed by atoms with Crippen LogP contribution in [0.25, 0.3) is 11.0 Å². The van der Waals surface area contributed by atoms with E-state index in [1.807, 2.05) is 37.0 Å². The van der Waals surface area contributed by atoms with Crippen LogP contribution in [-0.4, -0.2) is 28.5 Å². The van der Waals surface area contributed by atoms with Gasteiger partial charge in [0.05, 0.1) is 19.4 Å². The van der Waals surface area contributed by atoms with Crippen molar-refractivity contribution in [3.8, 4) is 11.5 Å². The highest BCUT2D eigenvalue weighted by atomic mass is 16.5. The van der Waals surface area contributed by atoms with Gasteiger partial charge in [-0.1, -0.05) is 19.9 Å². The van der Waals surface area contributed by atoms with Crippen molar-refractivity contribution in [1.82, 2.24) is 20.1 Å². The minimum absolute atomic E-state index is 0.166. The lowest BCUT2D eigenvalue weighted by Gasteiger charge is -2.18. The van der Waals surface area contributed by atoms with Crippen molar-refractivity contribution in [3.63, 3.8) is 0 Å². The first-order valence-corrected chi connectivity index (χ1v) is 9.71. The Bertz CT molecular complexity index is 949. The van der Waals surface area contributed by atoms with E-state index in [9.17, 15) is 0 Å². The van der Waals surface area contributed by atoms with E-state index in [4.69, 9.17) is 9.47 Å². The van der Waals surface area contributed by atoms with Crippen LogP contribution in [0.4, 0.5) is 0 Å². The Morgan fingerprint density at radius 2 is 1.93 bits per heavy atom. The topological polar surface area (TPSA) is 61.2 Å². The molecule has 0 aliphatic heterocycles. The van der Waals surface area contributed by atoms with Crippen molar-refractivity contribution in [2.75, 3.05) is 13.7 Å². The first kappa shape index (κ1) is 20.1. The Kier molecular flexibility index (Phi) is 6.19. The summed E-state index contributed by atoms with van der Waals surface area (Å²) in [6, 6.07) is 8.44. The number of nitrogens with one attached hydrogen (secondary N) is 1. The smallest absolute Gasteiger partial charge is 0.161 e. The number of benzene rings is 1. The van der Waals surface area contributed by atoms with Gasteiger partial charge in [-0.3, -0.25) is 4.68 Å². The van der Waals surface area contributed by atoms with Crippen LogP contribution in [0.5, 0.6) is 11.5 Å². The van der Waals surface area contributed by atoms with E-state index in [0.29, 0.717) is 12.5 Å². The van der Waals surface area contributed by atoms with Gasteiger partial charge in [0.15, 0.2) is 17.1 Å². The van der Waals surface area contributed by atoms with Gasteiger partial charge in [0.2, 0.25) is 0 Å². The van der Waals surface area contributed by atoms with Crippen LogP contribution < -0.4 is 14.8 Å². The molecule has 0 fully saturated rings. The molecule has 150 valence electrons. The third-order valence-electron chi connectivity index (χ3n) is 4.79. The molecule has 0 aliphatic carbocycles. The van der Waals surface area contributed by atoms with E-state index >= 15 is 0 Å². The highest BCUT2D eigenvalue weighted by Crippen LogP contribution is 2.30. The number of rotatable bonds is 8. The summed E-state index contributed by atoms with van der Waals surface area (Å²) in [4.78, 5) is 4.55. The normalized spacial score (nSPS) is 12.5. The first-order valence-electron chi connectivity index (χ1n) is 9.71. The largest absolute Gasteiger partial charge is 0.493 e.